The van der Waals surface area contributed by atoms with Gasteiger partial charge in [0.15, 0.2) is 0 Å². The first-order valence-electron chi connectivity index (χ1n) is 6.67. The number of anilines is 1. The maximum Gasteiger partial charge on any atom is 0.246 e. The van der Waals surface area contributed by atoms with Gasteiger partial charge in [0.1, 0.15) is 4.90 Å². The van der Waals surface area contributed by atoms with Crippen LogP contribution in [0, 0.1) is 32.1 Å². The highest BCUT2D eigenvalue weighted by molar-refractivity contribution is 7.89. The lowest BCUT2D eigenvalue weighted by molar-refractivity contribution is 0.430. The van der Waals surface area contributed by atoms with Gasteiger partial charge in [-0.15, -0.1) is 6.42 Å². The summed E-state index contributed by atoms with van der Waals surface area (Å²) in [6.07, 6.45) is 7.46. The van der Waals surface area contributed by atoms with Crippen LogP contribution in [-0.2, 0) is 10.0 Å². The van der Waals surface area contributed by atoms with E-state index < -0.39 is 10.0 Å². The number of nitrogen functional groups attached to an aromatic ring is 1. The molecule has 1 aliphatic rings. The van der Waals surface area contributed by atoms with Crippen LogP contribution in [-0.4, -0.2) is 25.8 Å². The summed E-state index contributed by atoms with van der Waals surface area (Å²) in [5, 5.41) is 0. The predicted molar refractivity (Wildman–Crippen MR) is 80.6 cm³/mol. The van der Waals surface area contributed by atoms with Crippen molar-refractivity contribution < 1.29 is 8.42 Å². The monoisotopic (exact) mass is 292 g/mol. The van der Waals surface area contributed by atoms with E-state index in [0.717, 1.165) is 18.4 Å². The minimum atomic E-state index is -3.64. The van der Waals surface area contributed by atoms with Gasteiger partial charge in [-0.3, -0.25) is 0 Å². The van der Waals surface area contributed by atoms with Crippen molar-refractivity contribution in [2.75, 3.05) is 18.8 Å². The number of nitrogens with zero attached hydrogens (tertiary/aromatic N) is 1. The van der Waals surface area contributed by atoms with Gasteiger partial charge in [-0.2, -0.15) is 4.31 Å². The lowest BCUT2D eigenvalue weighted by Crippen LogP contribution is -2.34. The summed E-state index contributed by atoms with van der Waals surface area (Å²) >= 11 is 0. The summed E-state index contributed by atoms with van der Waals surface area (Å²) in [7, 11) is -3.64. The molecule has 108 valence electrons. The number of nitrogens with two attached hydrogens (primary N) is 1. The Morgan fingerprint density at radius 3 is 2.60 bits per heavy atom. The molecule has 20 heavy (non-hydrogen) atoms. The van der Waals surface area contributed by atoms with Crippen molar-refractivity contribution in [1.29, 1.82) is 0 Å². The standard InChI is InChI=1S/C15H20N2O2S/c1-4-9-17(10-13-6-7-13)20(18,19)15-12(3)11(2)5-8-14(15)16/h1,5,8,13H,6-7,9-10,16H2,2-3H3. The summed E-state index contributed by atoms with van der Waals surface area (Å²) in [6, 6.07) is 3.47. The van der Waals surface area contributed by atoms with Crippen LogP contribution in [0.1, 0.15) is 24.0 Å². The van der Waals surface area contributed by atoms with Crippen molar-refractivity contribution >= 4 is 15.7 Å². The number of hydrogen-bond acceptors (Lipinski definition) is 3. The Balaban J connectivity index is 2.47. The molecule has 0 aromatic heterocycles. The van der Waals surface area contributed by atoms with Gasteiger partial charge in [0.05, 0.1) is 12.2 Å². The minimum Gasteiger partial charge on any atom is -0.398 e. The molecule has 1 aromatic carbocycles. The number of aryl methyl sites for hydroxylation is 1. The zero-order valence-corrected chi connectivity index (χ0v) is 12.7. The lowest BCUT2D eigenvalue weighted by atomic mass is 10.1. The normalized spacial score (nSPS) is 15.3. The summed E-state index contributed by atoms with van der Waals surface area (Å²) < 4.78 is 27.0. The van der Waals surface area contributed by atoms with Crippen molar-refractivity contribution in [2.24, 2.45) is 5.92 Å². The fourth-order valence-electron chi connectivity index (χ4n) is 2.22. The number of terminal acetylenes is 1. The highest BCUT2D eigenvalue weighted by Crippen LogP contribution is 2.33. The molecule has 0 radical (unpaired) electrons. The fraction of sp³-hybridized carbons (Fsp3) is 0.467. The van der Waals surface area contributed by atoms with Crippen LogP contribution >= 0.6 is 0 Å². The molecule has 1 saturated carbocycles. The number of hydrogen-bond donors (Lipinski definition) is 1. The third-order valence-electron chi connectivity index (χ3n) is 3.73. The van der Waals surface area contributed by atoms with Crippen LogP contribution in [0.3, 0.4) is 0 Å². The van der Waals surface area contributed by atoms with Crippen molar-refractivity contribution in [2.45, 2.75) is 31.6 Å². The molecule has 0 spiro atoms. The summed E-state index contributed by atoms with van der Waals surface area (Å²) in [4.78, 5) is 0.202. The molecule has 0 bridgehead atoms. The Bertz CT molecular complexity index is 655. The molecule has 1 aromatic rings. The van der Waals surface area contributed by atoms with Crippen LogP contribution in [0.25, 0.3) is 0 Å². The average molecular weight is 292 g/mol. The highest BCUT2D eigenvalue weighted by atomic mass is 32.2. The zero-order chi connectivity index (χ0) is 14.9. The molecule has 2 rings (SSSR count). The van der Waals surface area contributed by atoms with Crippen LogP contribution in [0.4, 0.5) is 5.69 Å². The van der Waals surface area contributed by atoms with Crippen LogP contribution < -0.4 is 5.73 Å². The second kappa shape index (κ2) is 5.47. The second-order valence-corrected chi connectivity index (χ2v) is 7.25. The fourth-order valence-corrected chi connectivity index (χ4v) is 4.04. The van der Waals surface area contributed by atoms with Crippen molar-refractivity contribution in [3.63, 3.8) is 0 Å². The van der Waals surface area contributed by atoms with E-state index in [4.69, 9.17) is 12.2 Å². The van der Waals surface area contributed by atoms with E-state index in [1.54, 1.807) is 13.0 Å². The maximum absolute atomic E-state index is 12.8. The van der Waals surface area contributed by atoms with Gasteiger partial charge >= 0.3 is 0 Å². The quantitative estimate of drug-likeness (QED) is 0.666. The number of rotatable bonds is 5. The predicted octanol–water partition coefficient (Wildman–Crippen LogP) is 1.92. The van der Waals surface area contributed by atoms with E-state index in [1.165, 1.54) is 4.31 Å². The van der Waals surface area contributed by atoms with E-state index in [0.29, 0.717) is 18.0 Å². The van der Waals surface area contributed by atoms with Crippen molar-refractivity contribution in [3.8, 4) is 12.3 Å². The van der Waals surface area contributed by atoms with Gasteiger partial charge in [0, 0.05) is 6.54 Å². The van der Waals surface area contributed by atoms with E-state index in [-0.39, 0.29) is 17.1 Å². The molecule has 0 amide bonds. The topological polar surface area (TPSA) is 63.4 Å². The molecular weight excluding hydrogens is 272 g/mol. The largest absolute Gasteiger partial charge is 0.398 e. The van der Waals surface area contributed by atoms with Gasteiger partial charge in [0.25, 0.3) is 0 Å². The Labute approximate surface area is 121 Å². The third kappa shape index (κ3) is 2.82. The molecule has 1 fully saturated rings. The van der Waals surface area contributed by atoms with Crippen molar-refractivity contribution in [3.05, 3.63) is 23.3 Å². The summed E-state index contributed by atoms with van der Waals surface area (Å²) in [5.41, 5.74) is 7.79. The SMILES string of the molecule is C#CCN(CC1CC1)S(=O)(=O)c1c(N)ccc(C)c1C. The first-order chi connectivity index (χ1) is 9.37. The minimum absolute atomic E-state index is 0.0889. The van der Waals surface area contributed by atoms with Gasteiger partial charge in [0.2, 0.25) is 10.0 Å². The average Bonchev–Trinajstić information content (AvgIpc) is 3.17. The summed E-state index contributed by atoms with van der Waals surface area (Å²) in [5.74, 6) is 2.87. The van der Waals surface area contributed by atoms with E-state index >= 15 is 0 Å². The van der Waals surface area contributed by atoms with Crippen LogP contribution in [0.2, 0.25) is 0 Å². The number of benzene rings is 1. The lowest BCUT2D eigenvalue weighted by Gasteiger charge is -2.22. The third-order valence-corrected chi connectivity index (χ3v) is 5.75. The first-order valence-corrected chi connectivity index (χ1v) is 8.11. The molecule has 0 atom stereocenters. The molecule has 0 unspecified atom stereocenters. The Morgan fingerprint density at radius 1 is 1.40 bits per heavy atom. The Hall–Kier alpha value is -1.51. The van der Waals surface area contributed by atoms with Gasteiger partial charge in [-0.25, -0.2) is 8.42 Å². The van der Waals surface area contributed by atoms with Crippen LogP contribution in [0.5, 0.6) is 0 Å². The zero-order valence-electron chi connectivity index (χ0n) is 11.9. The maximum atomic E-state index is 12.8. The molecule has 2 N–H and O–H groups in total. The smallest absolute Gasteiger partial charge is 0.246 e. The first kappa shape index (κ1) is 14.9. The number of sulfonamides is 1. The summed E-state index contributed by atoms with van der Waals surface area (Å²) in [6.45, 7) is 4.23. The van der Waals surface area contributed by atoms with Gasteiger partial charge in [-0.1, -0.05) is 12.0 Å². The highest BCUT2D eigenvalue weighted by Gasteiger charge is 2.33. The molecule has 1 aliphatic carbocycles. The van der Waals surface area contributed by atoms with E-state index in [1.807, 2.05) is 13.0 Å². The molecular formula is C15H20N2O2S. The molecule has 0 aliphatic heterocycles. The van der Waals surface area contributed by atoms with E-state index in [2.05, 4.69) is 5.92 Å². The molecule has 5 heteroatoms. The van der Waals surface area contributed by atoms with Gasteiger partial charge < -0.3 is 5.73 Å². The van der Waals surface area contributed by atoms with Gasteiger partial charge in [-0.05, 0) is 49.8 Å². The molecule has 0 heterocycles. The van der Waals surface area contributed by atoms with Crippen LogP contribution in [0.15, 0.2) is 17.0 Å². The molecule has 0 saturated heterocycles. The van der Waals surface area contributed by atoms with E-state index in [9.17, 15) is 8.42 Å². The van der Waals surface area contributed by atoms with Crippen molar-refractivity contribution in [1.82, 2.24) is 4.31 Å². The second-order valence-electron chi connectivity index (χ2n) is 5.37. The Kier molecular flexibility index (Phi) is 4.07. The Morgan fingerprint density at radius 2 is 2.05 bits per heavy atom. The molecule has 4 nitrogen and oxygen atoms in total.